The van der Waals surface area contributed by atoms with E-state index in [1.54, 1.807) is 0 Å². The van der Waals surface area contributed by atoms with Crippen LogP contribution in [0.2, 0.25) is 0 Å². The van der Waals surface area contributed by atoms with Gasteiger partial charge in [-0.05, 0) is 43.0 Å². The van der Waals surface area contributed by atoms with Crippen molar-refractivity contribution < 1.29 is 4.79 Å². The fourth-order valence-corrected chi connectivity index (χ4v) is 4.01. The Morgan fingerprint density at radius 2 is 1.92 bits per heavy atom. The third-order valence-corrected chi connectivity index (χ3v) is 5.45. The van der Waals surface area contributed by atoms with Crippen molar-refractivity contribution in [2.45, 2.75) is 45.7 Å². The van der Waals surface area contributed by atoms with E-state index in [1.165, 1.54) is 11.1 Å². The van der Waals surface area contributed by atoms with Gasteiger partial charge in [0.05, 0.1) is 17.1 Å². The maximum atomic E-state index is 12.4. The molecule has 0 N–H and O–H groups in total. The maximum absolute atomic E-state index is 12.4. The van der Waals surface area contributed by atoms with Crippen LogP contribution in [0.5, 0.6) is 0 Å². The van der Waals surface area contributed by atoms with Gasteiger partial charge in [0, 0.05) is 19.5 Å². The first-order valence-electron chi connectivity index (χ1n) is 9.48. The van der Waals surface area contributed by atoms with Crippen molar-refractivity contribution in [3.63, 3.8) is 0 Å². The number of hydrogen-bond donors (Lipinski definition) is 0. The van der Waals surface area contributed by atoms with Crippen LogP contribution in [0.4, 0.5) is 0 Å². The third-order valence-electron chi connectivity index (χ3n) is 5.45. The molecule has 1 unspecified atom stereocenters. The molecule has 26 heavy (non-hydrogen) atoms. The second-order valence-corrected chi connectivity index (χ2v) is 7.07. The van der Waals surface area contributed by atoms with E-state index in [0.29, 0.717) is 6.42 Å². The quantitative estimate of drug-likeness (QED) is 0.698. The molecule has 0 radical (unpaired) electrons. The molecule has 0 spiro atoms. The summed E-state index contributed by atoms with van der Waals surface area (Å²) >= 11 is 0. The highest BCUT2D eigenvalue weighted by Crippen LogP contribution is 2.34. The van der Waals surface area contributed by atoms with Gasteiger partial charge >= 0.3 is 0 Å². The monoisotopic (exact) mass is 347 g/mol. The minimum atomic E-state index is 0.0823. The number of rotatable bonds is 4. The van der Waals surface area contributed by atoms with Gasteiger partial charge in [0.15, 0.2) is 0 Å². The van der Waals surface area contributed by atoms with Gasteiger partial charge in [-0.25, -0.2) is 4.98 Å². The Kier molecular flexibility index (Phi) is 4.49. The van der Waals surface area contributed by atoms with E-state index >= 15 is 0 Å². The van der Waals surface area contributed by atoms with Crippen LogP contribution in [0.25, 0.3) is 11.0 Å². The Labute approximate surface area is 154 Å². The maximum Gasteiger partial charge on any atom is 0.222 e. The van der Waals surface area contributed by atoms with Gasteiger partial charge < -0.3 is 9.47 Å². The molecule has 1 aliphatic rings. The van der Waals surface area contributed by atoms with Crippen molar-refractivity contribution in [3.8, 4) is 0 Å². The fourth-order valence-electron chi connectivity index (χ4n) is 4.01. The summed E-state index contributed by atoms with van der Waals surface area (Å²) in [7, 11) is 0. The first-order valence-corrected chi connectivity index (χ1v) is 9.48. The van der Waals surface area contributed by atoms with Gasteiger partial charge in [-0.15, -0.1) is 0 Å². The number of aryl methyl sites for hydroxylation is 1. The van der Waals surface area contributed by atoms with Crippen molar-refractivity contribution in [1.29, 1.82) is 0 Å². The number of imidazole rings is 1. The lowest BCUT2D eigenvalue weighted by atomic mass is 10.1. The molecule has 1 atom stereocenters. The minimum Gasteiger partial charge on any atom is -0.333 e. The van der Waals surface area contributed by atoms with Crippen LogP contribution in [0.15, 0.2) is 48.5 Å². The van der Waals surface area contributed by atoms with Crippen LogP contribution < -0.4 is 0 Å². The lowest BCUT2D eigenvalue weighted by molar-refractivity contribution is -0.131. The molecule has 4 nitrogen and oxygen atoms in total. The summed E-state index contributed by atoms with van der Waals surface area (Å²) in [6.45, 7) is 5.71. The van der Waals surface area contributed by atoms with Crippen molar-refractivity contribution in [2.24, 2.45) is 0 Å². The second-order valence-electron chi connectivity index (χ2n) is 7.07. The van der Waals surface area contributed by atoms with E-state index in [1.807, 2.05) is 17.9 Å². The molecule has 1 fully saturated rings. The van der Waals surface area contributed by atoms with E-state index in [4.69, 9.17) is 4.98 Å². The van der Waals surface area contributed by atoms with Crippen molar-refractivity contribution in [3.05, 3.63) is 65.5 Å². The van der Waals surface area contributed by atoms with Crippen molar-refractivity contribution in [2.75, 3.05) is 6.54 Å². The number of benzene rings is 2. The Morgan fingerprint density at radius 1 is 1.15 bits per heavy atom. The molecule has 2 heterocycles. The van der Waals surface area contributed by atoms with Gasteiger partial charge in [-0.1, -0.05) is 43.3 Å². The third kappa shape index (κ3) is 2.90. The molecule has 0 bridgehead atoms. The van der Waals surface area contributed by atoms with E-state index in [-0.39, 0.29) is 11.9 Å². The summed E-state index contributed by atoms with van der Waals surface area (Å²) < 4.78 is 2.31. The van der Waals surface area contributed by atoms with Gasteiger partial charge in [0.2, 0.25) is 5.91 Å². The lowest BCUT2D eigenvalue weighted by Crippen LogP contribution is -2.31. The number of likely N-dealkylation sites (tertiary alicyclic amines) is 1. The number of fused-ring (bicyclic) bond motifs is 1. The molecule has 0 aliphatic carbocycles. The summed E-state index contributed by atoms with van der Waals surface area (Å²) in [5.41, 5.74) is 4.72. The van der Waals surface area contributed by atoms with Crippen LogP contribution in [0.1, 0.15) is 49.2 Å². The number of aromatic nitrogens is 2. The van der Waals surface area contributed by atoms with Crippen molar-refractivity contribution >= 4 is 16.9 Å². The smallest absolute Gasteiger partial charge is 0.222 e. The predicted octanol–water partition coefficient (Wildman–Crippen LogP) is 4.47. The number of nitrogens with zero attached hydrogens (tertiary/aromatic N) is 3. The molecular weight excluding hydrogens is 322 g/mol. The van der Waals surface area contributed by atoms with Crippen LogP contribution in [0.3, 0.4) is 0 Å². The Balaban J connectivity index is 1.82. The molecule has 134 valence electrons. The van der Waals surface area contributed by atoms with Crippen LogP contribution in [-0.2, 0) is 11.3 Å². The zero-order valence-corrected chi connectivity index (χ0v) is 15.5. The molecule has 2 aromatic carbocycles. The largest absolute Gasteiger partial charge is 0.333 e. The molecule has 1 saturated heterocycles. The first kappa shape index (κ1) is 16.8. The molecule has 0 saturated carbocycles. The number of hydrogen-bond acceptors (Lipinski definition) is 2. The number of para-hydroxylation sites is 2. The zero-order chi connectivity index (χ0) is 18.1. The molecule has 3 aromatic rings. The Morgan fingerprint density at radius 3 is 2.73 bits per heavy atom. The summed E-state index contributed by atoms with van der Waals surface area (Å²) in [4.78, 5) is 19.4. The normalized spacial score (nSPS) is 17.2. The van der Waals surface area contributed by atoms with Crippen molar-refractivity contribution in [1.82, 2.24) is 14.5 Å². The number of carbonyl (C=O) groups is 1. The summed E-state index contributed by atoms with van der Waals surface area (Å²) in [5, 5.41) is 0. The molecule has 1 aromatic heterocycles. The topological polar surface area (TPSA) is 38.1 Å². The Hall–Kier alpha value is -2.62. The van der Waals surface area contributed by atoms with Crippen LogP contribution in [-0.4, -0.2) is 26.9 Å². The zero-order valence-electron chi connectivity index (χ0n) is 15.5. The van der Waals surface area contributed by atoms with E-state index in [0.717, 1.165) is 42.8 Å². The average Bonchev–Trinajstić information content (AvgIpc) is 3.28. The highest BCUT2D eigenvalue weighted by molar-refractivity contribution is 5.78. The molecule has 4 heteroatoms. The summed E-state index contributed by atoms with van der Waals surface area (Å²) in [6, 6.07) is 16.9. The standard InChI is InChI=1S/C22H25N3O/c1-3-21(26)24-14-8-13-20(24)22-23-18-11-6-7-12-19(18)25(22)15-17-10-5-4-9-16(17)2/h4-7,9-12,20H,3,8,13-15H2,1-2H3. The number of carbonyl (C=O) groups excluding carboxylic acids is 1. The molecule has 1 amide bonds. The summed E-state index contributed by atoms with van der Waals surface area (Å²) in [6.07, 6.45) is 2.58. The van der Waals surface area contributed by atoms with E-state index in [2.05, 4.69) is 54.0 Å². The second kappa shape index (κ2) is 6.94. The van der Waals surface area contributed by atoms with Gasteiger partial charge in [0.25, 0.3) is 0 Å². The van der Waals surface area contributed by atoms with E-state index < -0.39 is 0 Å². The SMILES string of the molecule is CCC(=O)N1CCCC1c1nc2ccccc2n1Cc1ccccc1C. The molecular formula is C22H25N3O. The molecule has 1 aliphatic heterocycles. The minimum absolute atomic E-state index is 0.0823. The van der Waals surface area contributed by atoms with Crippen LogP contribution >= 0.6 is 0 Å². The molecule has 4 rings (SSSR count). The first-order chi connectivity index (χ1) is 12.7. The van der Waals surface area contributed by atoms with Gasteiger partial charge in [-0.3, -0.25) is 4.79 Å². The highest BCUT2D eigenvalue weighted by Gasteiger charge is 2.33. The fraction of sp³-hybridized carbons (Fsp3) is 0.364. The van der Waals surface area contributed by atoms with E-state index in [9.17, 15) is 4.79 Å². The average molecular weight is 347 g/mol. The highest BCUT2D eigenvalue weighted by atomic mass is 16.2. The number of amides is 1. The Bertz CT molecular complexity index is 943. The lowest BCUT2D eigenvalue weighted by Gasteiger charge is -2.25. The van der Waals surface area contributed by atoms with Crippen LogP contribution in [0, 0.1) is 6.92 Å². The predicted molar refractivity (Wildman–Crippen MR) is 104 cm³/mol. The van der Waals surface area contributed by atoms with Gasteiger partial charge in [-0.2, -0.15) is 0 Å². The summed E-state index contributed by atoms with van der Waals surface area (Å²) in [5.74, 6) is 1.25. The van der Waals surface area contributed by atoms with Gasteiger partial charge in [0.1, 0.15) is 5.82 Å².